The molecule has 2 aromatic carbocycles. The Hall–Kier alpha value is -1.47. The second kappa shape index (κ2) is 7.17. The number of hydrogen-bond acceptors (Lipinski definition) is 1. The highest BCUT2D eigenvalue weighted by atomic mass is 35.5. The van der Waals surface area contributed by atoms with Gasteiger partial charge in [-0.25, -0.2) is 0 Å². The first-order valence-electron chi connectivity index (χ1n) is 10.4. The summed E-state index contributed by atoms with van der Waals surface area (Å²) in [6.07, 6.45) is 2.58. The lowest BCUT2D eigenvalue weighted by Gasteiger charge is -2.13. The fourth-order valence-electron chi connectivity index (χ4n) is 4.70. The molecular weight excluding hydrogens is 352 g/mol. The second-order valence-corrected chi connectivity index (χ2v) is 9.51. The number of rotatable bonds is 6. The third kappa shape index (κ3) is 3.63. The molecule has 0 aliphatic heterocycles. The zero-order valence-electron chi connectivity index (χ0n) is 17.1. The lowest BCUT2D eigenvalue weighted by molar-refractivity contribution is 0.408. The molecular formula is C25H31ClO. The molecule has 27 heavy (non-hydrogen) atoms. The first kappa shape index (κ1) is 18.9. The Bertz CT molecular complexity index is 838. The zero-order chi connectivity index (χ0) is 19.3. The smallest absolute Gasteiger partial charge is 0.122 e. The molecule has 0 radical (unpaired) electrons. The highest BCUT2D eigenvalue weighted by Crippen LogP contribution is 2.66. The van der Waals surface area contributed by atoms with Crippen molar-refractivity contribution < 1.29 is 4.74 Å². The van der Waals surface area contributed by atoms with Crippen molar-refractivity contribution in [1.29, 1.82) is 0 Å². The predicted molar refractivity (Wildman–Crippen MR) is 114 cm³/mol. The highest BCUT2D eigenvalue weighted by Gasteiger charge is 2.55. The Morgan fingerprint density at radius 3 is 1.93 bits per heavy atom. The zero-order valence-corrected chi connectivity index (χ0v) is 17.9. The van der Waals surface area contributed by atoms with E-state index < -0.39 is 0 Å². The van der Waals surface area contributed by atoms with E-state index in [1.54, 1.807) is 7.11 Å². The summed E-state index contributed by atoms with van der Waals surface area (Å²) < 4.78 is 5.67. The molecule has 0 aromatic heterocycles. The summed E-state index contributed by atoms with van der Waals surface area (Å²) in [5.41, 5.74) is 5.52. The van der Waals surface area contributed by atoms with E-state index in [1.165, 1.54) is 35.1 Å². The van der Waals surface area contributed by atoms with Gasteiger partial charge in [-0.3, -0.25) is 0 Å². The third-order valence-electron chi connectivity index (χ3n) is 6.64. The maximum atomic E-state index is 6.64. The molecule has 0 bridgehead atoms. The van der Waals surface area contributed by atoms with Gasteiger partial charge in [0.25, 0.3) is 0 Å². The molecule has 2 aliphatic carbocycles. The van der Waals surface area contributed by atoms with Crippen molar-refractivity contribution in [2.75, 3.05) is 7.11 Å². The maximum absolute atomic E-state index is 6.64. The summed E-state index contributed by atoms with van der Waals surface area (Å²) in [6, 6.07) is 13.5. The minimum atomic E-state index is 0.528. The lowest BCUT2D eigenvalue weighted by atomic mass is 9.96. The quantitative estimate of drug-likeness (QED) is 0.502. The van der Waals surface area contributed by atoms with Crippen LogP contribution in [0.4, 0.5) is 0 Å². The molecule has 0 spiro atoms. The minimum Gasteiger partial charge on any atom is -0.496 e. The minimum absolute atomic E-state index is 0.528. The van der Waals surface area contributed by atoms with Crippen molar-refractivity contribution in [3.05, 3.63) is 63.7 Å². The van der Waals surface area contributed by atoms with E-state index in [4.69, 9.17) is 16.3 Å². The van der Waals surface area contributed by atoms with Gasteiger partial charge in [0.05, 0.1) is 7.11 Å². The van der Waals surface area contributed by atoms with Crippen LogP contribution in [0.15, 0.2) is 36.4 Å². The SMILES string of the molecule is COc1ccc(C(C)C)cc1C1CC1C1CC1c1ccc(C(C)C)cc1Cl. The molecule has 0 amide bonds. The van der Waals surface area contributed by atoms with Crippen LogP contribution in [-0.4, -0.2) is 7.11 Å². The third-order valence-corrected chi connectivity index (χ3v) is 6.97. The molecule has 4 rings (SSSR count). The summed E-state index contributed by atoms with van der Waals surface area (Å²) in [5.74, 6) is 5.01. The summed E-state index contributed by atoms with van der Waals surface area (Å²) >= 11 is 6.64. The van der Waals surface area contributed by atoms with Crippen LogP contribution in [0.5, 0.6) is 5.75 Å². The molecule has 2 heteroatoms. The van der Waals surface area contributed by atoms with Crippen molar-refractivity contribution in [2.24, 2.45) is 11.8 Å². The van der Waals surface area contributed by atoms with E-state index in [0.29, 0.717) is 23.7 Å². The number of benzene rings is 2. The van der Waals surface area contributed by atoms with Crippen molar-refractivity contribution in [3.8, 4) is 5.75 Å². The van der Waals surface area contributed by atoms with Gasteiger partial charge in [-0.05, 0) is 82.7 Å². The van der Waals surface area contributed by atoms with Crippen LogP contribution in [-0.2, 0) is 0 Å². The van der Waals surface area contributed by atoms with Crippen LogP contribution in [0.25, 0.3) is 0 Å². The fourth-order valence-corrected chi connectivity index (χ4v) is 5.02. The Kier molecular flexibility index (Phi) is 5.01. The Labute approximate surface area is 169 Å². The van der Waals surface area contributed by atoms with Crippen LogP contribution >= 0.6 is 11.6 Å². The van der Waals surface area contributed by atoms with Crippen molar-refractivity contribution in [3.63, 3.8) is 0 Å². The molecule has 2 aliphatic rings. The van der Waals surface area contributed by atoms with Gasteiger partial charge in [0, 0.05) is 5.02 Å². The number of halogens is 1. The molecule has 144 valence electrons. The Balaban J connectivity index is 1.49. The summed E-state index contributed by atoms with van der Waals surface area (Å²) in [7, 11) is 1.79. The lowest BCUT2D eigenvalue weighted by Crippen LogP contribution is -1.97. The molecule has 2 fully saturated rings. The Morgan fingerprint density at radius 1 is 0.815 bits per heavy atom. The van der Waals surface area contributed by atoms with Gasteiger partial charge in [-0.15, -0.1) is 0 Å². The summed E-state index contributed by atoms with van der Waals surface area (Å²) in [4.78, 5) is 0. The first-order valence-corrected chi connectivity index (χ1v) is 10.8. The van der Waals surface area contributed by atoms with E-state index in [9.17, 15) is 0 Å². The molecule has 4 unspecified atom stereocenters. The standard InChI is InChI=1S/C25H31ClO/c1-14(2)16-7-9-25(27-5)23(10-16)22-13-21(22)20-12-19(20)18-8-6-17(15(3)4)11-24(18)26/h6-11,14-15,19-22H,12-13H2,1-5H3. The van der Waals surface area contributed by atoms with Crippen LogP contribution < -0.4 is 4.74 Å². The van der Waals surface area contributed by atoms with Gasteiger partial charge < -0.3 is 4.74 Å². The van der Waals surface area contributed by atoms with E-state index in [2.05, 4.69) is 64.1 Å². The fraction of sp³-hybridized carbons (Fsp3) is 0.520. The van der Waals surface area contributed by atoms with Crippen LogP contribution in [0, 0.1) is 11.8 Å². The Morgan fingerprint density at radius 2 is 1.37 bits per heavy atom. The van der Waals surface area contributed by atoms with Gasteiger partial charge in [0.2, 0.25) is 0 Å². The van der Waals surface area contributed by atoms with Crippen molar-refractivity contribution in [2.45, 2.75) is 64.2 Å². The van der Waals surface area contributed by atoms with Gasteiger partial charge >= 0.3 is 0 Å². The second-order valence-electron chi connectivity index (χ2n) is 9.10. The van der Waals surface area contributed by atoms with Gasteiger partial charge in [-0.1, -0.05) is 63.6 Å². The van der Waals surface area contributed by atoms with Gasteiger partial charge in [0.1, 0.15) is 5.75 Å². The van der Waals surface area contributed by atoms with E-state index >= 15 is 0 Å². The number of hydrogen-bond donors (Lipinski definition) is 0. The summed E-state index contributed by atoms with van der Waals surface area (Å²) in [5, 5.41) is 0.963. The number of ether oxygens (including phenoxy) is 1. The molecule has 1 nitrogen and oxygen atoms in total. The van der Waals surface area contributed by atoms with Crippen LogP contribution in [0.3, 0.4) is 0 Å². The summed E-state index contributed by atoms with van der Waals surface area (Å²) in [6.45, 7) is 8.96. The molecule has 2 aromatic rings. The molecule has 0 saturated heterocycles. The monoisotopic (exact) mass is 382 g/mol. The maximum Gasteiger partial charge on any atom is 0.122 e. The number of methoxy groups -OCH3 is 1. The highest BCUT2D eigenvalue weighted by molar-refractivity contribution is 6.31. The largest absolute Gasteiger partial charge is 0.496 e. The van der Waals surface area contributed by atoms with Gasteiger partial charge in [0.15, 0.2) is 0 Å². The average molecular weight is 383 g/mol. The predicted octanol–water partition coefficient (Wildman–Crippen LogP) is 7.50. The molecule has 0 N–H and O–H groups in total. The van der Waals surface area contributed by atoms with Crippen molar-refractivity contribution in [1.82, 2.24) is 0 Å². The topological polar surface area (TPSA) is 9.23 Å². The van der Waals surface area contributed by atoms with E-state index in [0.717, 1.165) is 22.6 Å². The van der Waals surface area contributed by atoms with Crippen molar-refractivity contribution >= 4 is 11.6 Å². The first-order chi connectivity index (χ1) is 12.9. The van der Waals surface area contributed by atoms with Gasteiger partial charge in [-0.2, -0.15) is 0 Å². The molecule has 4 atom stereocenters. The normalized spacial score (nSPS) is 26.5. The van der Waals surface area contributed by atoms with Crippen LogP contribution in [0.2, 0.25) is 5.02 Å². The molecule has 2 saturated carbocycles. The van der Waals surface area contributed by atoms with E-state index in [-0.39, 0.29) is 0 Å². The van der Waals surface area contributed by atoms with E-state index in [1.807, 2.05) is 0 Å². The van der Waals surface area contributed by atoms with Crippen LogP contribution in [0.1, 0.15) is 86.5 Å². The molecule has 0 heterocycles. The average Bonchev–Trinajstić information content (AvgIpc) is 3.53.